The van der Waals surface area contributed by atoms with Gasteiger partial charge in [0, 0.05) is 6.04 Å². The maximum atomic E-state index is 12.3. The molecular weight excluding hydrogens is 209 g/mol. The SMILES string of the molecule is CCC(C(N)=O)N(CC(F)(F)F)C1CC1. The Morgan fingerprint density at radius 2 is 2.07 bits per heavy atom. The summed E-state index contributed by atoms with van der Waals surface area (Å²) < 4.78 is 36.8. The number of halogens is 3. The second-order valence-electron chi connectivity index (χ2n) is 3.85. The van der Waals surface area contributed by atoms with Crippen molar-refractivity contribution < 1.29 is 18.0 Å². The van der Waals surface area contributed by atoms with Crippen LogP contribution in [0.25, 0.3) is 0 Å². The van der Waals surface area contributed by atoms with E-state index in [1.165, 1.54) is 4.90 Å². The molecule has 0 aromatic heterocycles. The van der Waals surface area contributed by atoms with Crippen LogP contribution in [0.5, 0.6) is 0 Å². The molecular formula is C9H15F3N2O. The predicted octanol–water partition coefficient (Wildman–Crippen LogP) is 1.28. The van der Waals surface area contributed by atoms with Crippen molar-refractivity contribution in [3.63, 3.8) is 0 Å². The Bertz CT molecular complexity index is 238. The van der Waals surface area contributed by atoms with Crippen LogP contribution in [0, 0.1) is 0 Å². The lowest BCUT2D eigenvalue weighted by molar-refractivity contribution is -0.156. The van der Waals surface area contributed by atoms with Crippen molar-refractivity contribution in [2.45, 2.75) is 44.4 Å². The van der Waals surface area contributed by atoms with E-state index < -0.39 is 24.7 Å². The molecule has 0 aromatic carbocycles. The van der Waals surface area contributed by atoms with Gasteiger partial charge >= 0.3 is 6.18 Å². The lowest BCUT2D eigenvalue weighted by Crippen LogP contribution is -2.49. The highest BCUT2D eigenvalue weighted by atomic mass is 19.4. The molecule has 0 bridgehead atoms. The Balaban J connectivity index is 2.67. The highest BCUT2D eigenvalue weighted by Crippen LogP contribution is 2.32. The van der Waals surface area contributed by atoms with Crippen molar-refractivity contribution in [1.29, 1.82) is 0 Å². The van der Waals surface area contributed by atoms with Gasteiger partial charge in [-0.2, -0.15) is 13.2 Å². The smallest absolute Gasteiger partial charge is 0.368 e. The molecule has 0 aromatic rings. The third-order valence-electron chi connectivity index (χ3n) is 2.49. The van der Waals surface area contributed by atoms with E-state index in [1.807, 2.05) is 0 Å². The number of alkyl halides is 3. The van der Waals surface area contributed by atoms with E-state index in [1.54, 1.807) is 6.92 Å². The van der Waals surface area contributed by atoms with Crippen molar-refractivity contribution >= 4 is 5.91 Å². The average molecular weight is 224 g/mol. The molecule has 3 nitrogen and oxygen atoms in total. The van der Waals surface area contributed by atoms with Crippen LogP contribution >= 0.6 is 0 Å². The Hall–Kier alpha value is -0.780. The molecule has 0 radical (unpaired) electrons. The topological polar surface area (TPSA) is 46.3 Å². The number of amides is 1. The van der Waals surface area contributed by atoms with Gasteiger partial charge < -0.3 is 5.73 Å². The van der Waals surface area contributed by atoms with Crippen LogP contribution in [-0.2, 0) is 4.79 Å². The van der Waals surface area contributed by atoms with Crippen LogP contribution in [0.3, 0.4) is 0 Å². The Kier molecular flexibility index (Phi) is 3.59. The normalized spacial score (nSPS) is 19.3. The fourth-order valence-corrected chi connectivity index (χ4v) is 1.71. The molecule has 0 heterocycles. The number of primary amides is 1. The van der Waals surface area contributed by atoms with Gasteiger partial charge in [-0.15, -0.1) is 0 Å². The Morgan fingerprint density at radius 3 is 2.33 bits per heavy atom. The van der Waals surface area contributed by atoms with Gasteiger partial charge in [0.15, 0.2) is 0 Å². The van der Waals surface area contributed by atoms with Crippen molar-refractivity contribution in [2.24, 2.45) is 5.73 Å². The molecule has 0 aliphatic heterocycles. The molecule has 1 aliphatic carbocycles. The molecule has 88 valence electrons. The summed E-state index contributed by atoms with van der Waals surface area (Å²) in [5.74, 6) is -0.673. The van der Waals surface area contributed by atoms with Crippen LogP contribution in [0.2, 0.25) is 0 Å². The maximum Gasteiger partial charge on any atom is 0.401 e. The number of nitrogens with zero attached hydrogens (tertiary/aromatic N) is 1. The minimum Gasteiger partial charge on any atom is -0.368 e. The molecule has 1 amide bonds. The van der Waals surface area contributed by atoms with Crippen molar-refractivity contribution in [3.8, 4) is 0 Å². The number of carbonyl (C=O) groups excluding carboxylic acids is 1. The number of carbonyl (C=O) groups is 1. The first-order valence-electron chi connectivity index (χ1n) is 4.97. The number of nitrogens with two attached hydrogens (primary N) is 1. The summed E-state index contributed by atoms with van der Waals surface area (Å²) >= 11 is 0. The van der Waals surface area contributed by atoms with Gasteiger partial charge in [0.2, 0.25) is 5.91 Å². The standard InChI is InChI=1S/C9H15F3N2O/c1-2-7(8(13)15)14(6-3-4-6)5-9(10,11)12/h6-7H,2-5H2,1H3,(H2,13,15). The summed E-state index contributed by atoms with van der Waals surface area (Å²) in [6, 6.07) is -0.914. The van der Waals surface area contributed by atoms with Gasteiger partial charge in [0.25, 0.3) is 0 Å². The third-order valence-corrected chi connectivity index (χ3v) is 2.49. The molecule has 1 fully saturated rings. The highest BCUT2D eigenvalue weighted by molar-refractivity contribution is 5.79. The van der Waals surface area contributed by atoms with Gasteiger partial charge in [-0.1, -0.05) is 6.92 Å². The molecule has 1 aliphatic rings. The lowest BCUT2D eigenvalue weighted by Gasteiger charge is -2.29. The second-order valence-corrected chi connectivity index (χ2v) is 3.85. The fourth-order valence-electron chi connectivity index (χ4n) is 1.71. The summed E-state index contributed by atoms with van der Waals surface area (Å²) in [5, 5.41) is 0. The van der Waals surface area contributed by atoms with Crippen LogP contribution in [0.4, 0.5) is 13.2 Å². The zero-order valence-corrected chi connectivity index (χ0v) is 8.55. The van der Waals surface area contributed by atoms with Crippen molar-refractivity contribution in [1.82, 2.24) is 4.90 Å². The van der Waals surface area contributed by atoms with E-state index >= 15 is 0 Å². The second kappa shape index (κ2) is 4.38. The van der Waals surface area contributed by atoms with E-state index in [4.69, 9.17) is 5.73 Å². The van der Waals surface area contributed by atoms with Gasteiger partial charge in [-0.25, -0.2) is 0 Å². The molecule has 15 heavy (non-hydrogen) atoms. The van der Waals surface area contributed by atoms with Gasteiger partial charge in [0.1, 0.15) is 0 Å². The van der Waals surface area contributed by atoms with Crippen LogP contribution in [0.1, 0.15) is 26.2 Å². The summed E-state index contributed by atoms with van der Waals surface area (Å²) in [6.45, 7) is 0.625. The molecule has 0 spiro atoms. The predicted molar refractivity (Wildman–Crippen MR) is 49.1 cm³/mol. The third kappa shape index (κ3) is 3.70. The first-order chi connectivity index (χ1) is 6.85. The first-order valence-corrected chi connectivity index (χ1v) is 4.97. The minimum atomic E-state index is -4.27. The van der Waals surface area contributed by atoms with E-state index in [0.29, 0.717) is 6.42 Å². The van der Waals surface area contributed by atoms with E-state index in [-0.39, 0.29) is 6.04 Å². The highest BCUT2D eigenvalue weighted by Gasteiger charge is 2.42. The van der Waals surface area contributed by atoms with E-state index in [0.717, 1.165) is 12.8 Å². The number of hydrogen-bond acceptors (Lipinski definition) is 2. The maximum absolute atomic E-state index is 12.3. The quantitative estimate of drug-likeness (QED) is 0.764. The van der Waals surface area contributed by atoms with Gasteiger partial charge in [-0.3, -0.25) is 9.69 Å². The average Bonchev–Trinajstić information content (AvgIpc) is 2.82. The van der Waals surface area contributed by atoms with Gasteiger partial charge in [-0.05, 0) is 19.3 Å². The first kappa shape index (κ1) is 12.3. The number of hydrogen-bond donors (Lipinski definition) is 1. The zero-order valence-electron chi connectivity index (χ0n) is 8.55. The van der Waals surface area contributed by atoms with Crippen molar-refractivity contribution in [2.75, 3.05) is 6.54 Å². The van der Waals surface area contributed by atoms with Crippen LogP contribution in [-0.4, -0.2) is 35.6 Å². The van der Waals surface area contributed by atoms with E-state index in [9.17, 15) is 18.0 Å². The summed E-state index contributed by atoms with van der Waals surface area (Å²) in [4.78, 5) is 12.2. The summed E-state index contributed by atoms with van der Waals surface area (Å²) in [5.41, 5.74) is 5.08. The lowest BCUT2D eigenvalue weighted by atomic mass is 10.1. The molecule has 1 unspecified atom stereocenters. The Morgan fingerprint density at radius 1 is 1.53 bits per heavy atom. The minimum absolute atomic E-state index is 0.121. The largest absolute Gasteiger partial charge is 0.401 e. The van der Waals surface area contributed by atoms with Crippen LogP contribution in [0.15, 0.2) is 0 Å². The van der Waals surface area contributed by atoms with Gasteiger partial charge in [0.05, 0.1) is 12.6 Å². The molecule has 1 rings (SSSR count). The zero-order chi connectivity index (χ0) is 11.6. The Labute approximate surface area is 86.4 Å². The fraction of sp³-hybridized carbons (Fsp3) is 0.889. The number of rotatable bonds is 5. The summed E-state index contributed by atoms with van der Waals surface area (Å²) in [6.07, 6.45) is -2.51. The molecule has 2 N–H and O–H groups in total. The monoisotopic (exact) mass is 224 g/mol. The van der Waals surface area contributed by atoms with Crippen LogP contribution < -0.4 is 5.73 Å². The molecule has 1 atom stereocenters. The summed E-state index contributed by atoms with van der Waals surface area (Å²) in [7, 11) is 0. The van der Waals surface area contributed by atoms with Crippen molar-refractivity contribution in [3.05, 3.63) is 0 Å². The molecule has 0 saturated heterocycles. The molecule has 1 saturated carbocycles. The van der Waals surface area contributed by atoms with E-state index in [2.05, 4.69) is 0 Å². The molecule has 6 heteroatoms.